The van der Waals surface area contributed by atoms with E-state index in [2.05, 4.69) is 17.3 Å². The fraction of sp³-hybridized carbons (Fsp3) is 0.583. The van der Waals surface area contributed by atoms with Crippen LogP contribution in [0.1, 0.15) is 18.2 Å². The van der Waals surface area contributed by atoms with E-state index in [0.717, 1.165) is 30.1 Å². The molecule has 2 N–H and O–H groups in total. The number of ether oxygens (including phenoxy) is 1. The number of fused-ring (bicyclic) bond motifs is 3. The number of aliphatic hydroxyl groups excluding tert-OH is 1. The van der Waals surface area contributed by atoms with Gasteiger partial charge in [0.05, 0.1) is 24.4 Å². The van der Waals surface area contributed by atoms with Gasteiger partial charge in [-0.25, -0.2) is 4.68 Å². The van der Waals surface area contributed by atoms with E-state index in [1.54, 1.807) is 0 Å². The molecule has 1 unspecified atom stereocenters. The third kappa shape index (κ3) is 1.85. The predicted molar refractivity (Wildman–Crippen MR) is 62.9 cm³/mol. The highest BCUT2D eigenvalue weighted by Gasteiger charge is 2.25. The summed E-state index contributed by atoms with van der Waals surface area (Å²) in [4.78, 5) is 0. The van der Waals surface area contributed by atoms with E-state index >= 15 is 0 Å². The second-order valence-corrected chi connectivity index (χ2v) is 4.71. The molecule has 0 aromatic carbocycles. The van der Waals surface area contributed by atoms with Crippen molar-refractivity contribution >= 4 is 0 Å². The largest absolute Gasteiger partial charge is 0.473 e. The average molecular weight is 235 g/mol. The zero-order valence-corrected chi connectivity index (χ0v) is 9.94. The summed E-state index contributed by atoms with van der Waals surface area (Å²) < 4.78 is 7.60. The van der Waals surface area contributed by atoms with E-state index in [0.29, 0.717) is 19.2 Å². The molecule has 3 rings (SSSR count). The van der Waals surface area contributed by atoms with Crippen LogP contribution in [0.5, 0.6) is 5.88 Å². The van der Waals surface area contributed by atoms with Crippen LogP contribution in [0, 0.1) is 0 Å². The first-order valence-corrected chi connectivity index (χ1v) is 6.01. The maximum absolute atomic E-state index is 9.21. The summed E-state index contributed by atoms with van der Waals surface area (Å²) in [6.45, 7) is 4.20. The second-order valence-electron chi connectivity index (χ2n) is 4.71. The van der Waals surface area contributed by atoms with Gasteiger partial charge < -0.3 is 15.2 Å². The Labute approximate surface area is 100 Å². The molecule has 1 atom stereocenters. The van der Waals surface area contributed by atoms with Crippen molar-refractivity contribution in [2.75, 3.05) is 13.2 Å². The smallest absolute Gasteiger partial charge is 0.217 e. The normalized spacial score (nSPS) is 23.2. The number of nitrogens with one attached hydrogen (secondary N) is 1. The predicted octanol–water partition coefficient (Wildman–Crippen LogP) is 0.228. The van der Waals surface area contributed by atoms with Gasteiger partial charge in [0.1, 0.15) is 6.61 Å². The van der Waals surface area contributed by atoms with Gasteiger partial charge in [0, 0.05) is 19.0 Å². The third-order valence-electron chi connectivity index (χ3n) is 3.36. The maximum Gasteiger partial charge on any atom is 0.217 e. The maximum atomic E-state index is 9.21. The Bertz CT molecular complexity index is 465. The van der Waals surface area contributed by atoms with Crippen LogP contribution in [0.2, 0.25) is 0 Å². The van der Waals surface area contributed by atoms with Crippen molar-refractivity contribution in [3.63, 3.8) is 0 Å². The van der Waals surface area contributed by atoms with Crippen LogP contribution in [-0.2, 0) is 19.5 Å². The van der Waals surface area contributed by atoms with E-state index in [1.165, 1.54) is 5.56 Å². The van der Waals surface area contributed by atoms with Crippen LogP contribution in [-0.4, -0.2) is 34.1 Å². The first kappa shape index (κ1) is 10.8. The van der Waals surface area contributed by atoms with E-state index in [1.807, 2.05) is 10.8 Å². The van der Waals surface area contributed by atoms with Gasteiger partial charge in [-0.05, 0) is 18.6 Å². The molecule has 1 aromatic heterocycles. The second kappa shape index (κ2) is 4.16. The van der Waals surface area contributed by atoms with Crippen molar-refractivity contribution in [2.24, 2.45) is 0 Å². The molecule has 0 fully saturated rings. The summed E-state index contributed by atoms with van der Waals surface area (Å²) in [5, 5.41) is 17.2. The molecule has 0 spiro atoms. The molecule has 5 heteroatoms. The van der Waals surface area contributed by atoms with Crippen molar-refractivity contribution in [1.82, 2.24) is 15.1 Å². The third-order valence-corrected chi connectivity index (χ3v) is 3.36. The van der Waals surface area contributed by atoms with Crippen molar-refractivity contribution in [2.45, 2.75) is 32.5 Å². The molecule has 2 aliphatic rings. The molecule has 0 saturated heterocycles. The molecule has 3 heterocycles. The molecule has 5 nitrogen and oxygen atoms in total. The summed E-state index contributed by atoms with van der Waals surface area (Å²) in [5.41, 5.74) is 3.27. The van der Waals surface area contributed by atoms with Crippen LogP contribution >= 0.6 is 0 Å². The molecule has 2 aliphatic heterocycles. The Morgan fingerprint density at radius 2 is 2.53 bits per heavy atom. The number of aliphatic hydroxyl groups is 1. The van der Waals surface area contributed by atoms with E-state index in [9.17, 15) is 5.11 Å². The van der Waals surface area contributed by atoms with Gasteiger partial charge in [-0.1, -0.05) is 0 Å². The molecule has 0 aliphatic carbocycles. The van der Waals surface area contributed by atoms with E-state index in [-0.39, 0.29) is 6.61 Å². The van der Waals surface area contributed by atoms with Gasteiger partial charge in [0.25, 0.3) is 0 Å². The van der Waals surface area contributed by atoms with E-state index in [4.69, 9.17) is 4.74 Å². The number of hydrogen-bond acceptors (Lipinski definition) is 4. The highest BCUT2D eigenvalue weighted by atomic mass is 16.5. The van der Waals surface area contributed by atoms with Crippen LogP contribution in [0.15, 0.2) is 11.6 Å². The van der Waals surface area contributed by atoms with Gasteiger partial charge in [-0.2, -0.15) is 5.10 Å². The van der Waals surface area contributed by atoms with Gasteiger partial charge in [-0.3, -0.25) is 0 Å². The number of hydrogen-bond donors (Lipinski definition) is 2. The minimum atomic E-state index is 0.0714. The minimum Gasteiger partial charge on any atom is -0.473 e. The molecular formula is C12H17N3O2. The Morgan fingerprint density at radius 3 is 3.35 bits per heavy atom. The van der Waals surface area contributed by atoms with Crippen molar-refractivity contribution in [3.8, 4) is 5.88 Å². The van der Waals surface area contributed by atoms with Crippen molar-refractivity contribution < 1.29 is 9.84 Å². The molecule has 0 saturated carbocycles. The molecule has 1 aromatic rings. The Hall–Kier alpha value is -1.33. The monoisotopic (exact) mass is 235 g/mol. The van der Waals surface area contributed by atoms with Gasteiger partial charge in [-0.15, -0.1) is 0 Å². The zero-order chi connectivity index (χ0) is 11.8. The lowest BCUT2D eigenvalue weighted by molar-refractivity contribution is 0.320. The molecule has 17 heavy (non-hydrogen) atoms. The van der Waals surface area contributed by atoms with E-state index < -0.39 is 0 Å². The lowest BCUT2D eigenvalue weighted by Crippen LogP contribution is -2.32. The highest BCUT2D eigenvalue weighted by molar-refractivity contribution is 5.35. The van der Waals surface area contributed by atoms with Crippen LogP contribution in [0.3, 0.4) is 0 Å². The van der Waals surface area contributed by atoms with Crippen molar-refractivity contribution in [1.29, 1.82) is 0 Å². The van der Waals surface area contributed by atoms with Crippen LogP contribution in [0.4, 0.5) is 0 Å². The molecular weight excluding hydrogens is 218 g/mol. The Balaban J connectivity index is 1.97. The Morgan fingerprint density at radius 1 is 1.65 bits per heavy atom. The molecule has 0 bridgehead atoms. The summed E-state index contributed by atoms with van der Waals surface area (Å²) in [7, 11) is 0. The number of nitrogens with zero attached hydrogens (tertiary/aromatic N) is 2. The standard InChI is InChI=1S/C12H17N3O2/c1-8-4-11-10(5-13-8)12-15(14-11)6-9(7-16)2-3-17-12/h2,8,13,16H,3-7H2,1H3. The molecule has 0 amide bonds. The minimum absolute atomic E-state index is 0.0714. The number of aromatic nitrogens is 2. The fourth-order valence-electron chi connectivity index (χ4n) is 2.39. The van der Waals surface area contributed by atoms with Gasteiger partial charge >= 0.3 is 0 Å². The summed E-state index contributed by atoms with van der Waals surface area (Å²) in [6.07, 6.45) is 2.87. The summed E-state index contributed by atoms with van der Waals surface area (Å²) in [6, 6.07) is 0.467. The van der Waals surface area contributed by atoms with Gasteiger partial charge in [0.2, 0.25) is 5.88 Å². The fourth-order valence-corrected chi connectivity index (χ4v) is 2.39. The molecule has 92 valence electrons. The highest BCUT2D eigenvalue weighted by Crippen LogP contribution is 2.28. The number of rotatable bonds is 1. The zero-order valence-electron chi connectivity index (χ0n) is 9.94. The lowest BCUT2D eigenvalue weighted by Gasteiger charge is -2.19. The summed E-state index contributed by atoms with van der Waals surface area (Å²) >= 11 is 0. The van der Waals surface area contributed by atoms with Gasteiger partial charge in [0.15, 0.2) is 0 Å². The first-order chi connectivity index (χ1) is 8.28. The average Bonchev–Trinajstić information content (AvgIpc) is 2.53. The Kier molecular flexibility index (Phi) is 2.64. The molecule has 0 radical (unpaired) electrons. The topological polar surface area (TPSA) is 59.3 Å². The quantitative estimate of drug-likeness (QED) is 0.684. The van der Waals surface area contributed by atoms with Crippen molar-refractivity contribution in [3.05, 3.63) is 22.9 Å². The van der Waals surface area contributed by atoms with Crippen LogP contribution < -0.4 is 10.1 Å². The lowest BCUT2D eigenvalue weighted by atomic mass is 10.0. The summed E-state index contributed by atoms with van der Waals surface area (Å²) in [5.74, 6) is 0.860. The van der Waals surface area contributed by atoms with Crippen LogP contribution in [0.25, 0.3) is 0 Å². The first-order valence-electron chi connectivity index (χ1n) is 6.01. The SMILES string of the molecule is CC1Cc2nn3c(c2CN1)OCC=C(CO)C3.